The summed E-state index contributed by atoms with van der Waals surface area (Å²) in [5.41, 5.74) is 2.71. The van der Waals surface area contributed by atoms with Gasteiger partial charge in [0.2, 0.25) is 0 Å². The minimum Gasteiger partial charge on any atom is -0.345 e. The number of carbonyl (C=O) groups excluding carboxylic acids is 1. The van der Waals surface area contributed by atoms with Crippen LogP contribution < -0.4 is 0 Å². The first kappa shape index (κ1) is 14.2. The van der Waals surface area contributed by atoms with E-state index in [-0.39, 0.29) is 11.7 Å². The highest BCUT2D eigenvalue weighted by Crippen LogP contribution is 2.26. The maximum Gasteiger partial charge on any atom is 0.256 e. The molecule has 3 aromatic rings. The fourth-order valence-corrected chi connectivity index (χ4v) is 2.37. The van der Waals surface area contributed by atoms with E-state index in [2.05, 4.69) is 10.1 Å². The van der Waals surface area contributed by atoms with Crippen LogP contribution in [0.4, 0.5) is 4.39 Å². The lowest BCUT2D eigenvalue weighted by Crippen LogP contribution is -2.23. The smallest absolute Gasteiger partial charge is 0.256 e. The molecule has 0 atom stereocenters. The highest BCUT2D eigenvalue weighted by Gasteiger charge is 2.18. The van der Waals surface area contributed by atoms with Crippen LogP contribution in [-0.2, 0) is 0 Å². The van der Waals surface area contributed by atoms with Crippen LogP contribution in [0, 0.1) is 12.7 Å². The number of hydrogen-bond donors (Lipinski definition) is 0. The topological polar surface area (TPSA) is 50.5 Å². The molecular weight excluding hydrogens is 283 g/mol. The molecule has 0 N–H and O–H groups in total. The van der Waals surface area contributed by atoms with Gasteiger partial charge in [-0.15, -0.1) is 0 Å². The predicted molar refractivity (Wildman–Crippen MR) is 81.1 cm³/mol. The van der Waals surface area contributed by atoms with Crippen molar-refractivity contribution in [2.24, 2.45) is 0 Å². The summed E-state index contributed by atoms with van der Waals surface area (Å²) < 4.78 is 15.5. The van der Waals surface area contributed by atoms with E-state index in [4.69, 9.17) is 0 Å². The van der Waals surface area contributed by atoms with Gasteiger partial charge in [-0.3, -0.25) is 4.79 Å². The number of carbonyl (C=O) groups is 1. The van der Waals surface area contributed by atoms with Crippen LogP contribution in [-0.4, -0.2) is 39.5 Å². The molecule has 1 aromatic carbocycles. The van der Waals surface area contributed by atoms with Gasteiger partial charge in [-0.1, -0.05) is 18.2 Å². The molecule has 0 saturated heterocycles. The molecule has 0 aliphatic heterocycles. The largest absolute Gasteiger partial charge is 0.345 e. The number of benzene rings is 1. The summed E-state index contributed by atoms with van der Waals surface area (Å²) in [6, 6.07) is 6.48. The van der Waals surface area contributed by atoms with E-state index in [1.807, 2.05) is 0 Å². The minimum atomic E-state index is -0.328. The molecule has 3 rings (SSSR count). The highest BCUT2D eigenvalue weighted by atomic mass is 19.1. The van der Waals surface area contributed by atoms with Crippen molar-refractivity contribution < 1.29 is 9.18 Å². The van der Waals surface area contributed by atoms with Crippen LogP contribution in [0.3, 0.4) is 0 Å². The summed E-state index contributed by atoms with van der Waals surface area (Å²) in [6.45, 7) is 1.80. The van der Waals surface area contributed by atoms with Crippen molar-refractivity contribution in [3.63, 3.8) is 0 Å². The Bertz CT molecular complexity index is 870. The number of amides is 1. The molecule has 0 aliphatic carbocycles. The first-order valence-electron chi connectivity index (χ1n) is 6.80. The minimum absolute atomic E-state index is 0.144. The predicted octanol–water partition coefficient (Wildman–Crippen LogP) is 2.55. The van der Waals surface area contributed by atoms with Crippen molar-refractivity contribution in [2.45, 2.75) is 6.92 Å². The van der Waals surface area contributed by atoms with E-state index in [0.717, 1.165) is 0 Å². The molecule has 0 radical (unpaired) electrons. The number of rotatable bonds is 2. The average Bonchev–Trinajstić information content (AvgIpc) is 2.92. The number of nitrogens with zero attached hydrogens (tertiary/aromatic N) is 4. The quantitative estimate of drug-likeness (QED) is 0.730. The van der Waals surface area contributed by atoms with Gasteiger partial charge < -0.3 is 4.90 Å². The monoisotopic (exact) mass is 298 g/mol. The third-order valence-corrected chi connectivity index (χ3v) is 3.57. The zero-order valence-corrected chi connectivity index (χ0v) is 12.5. The third-order valence-electron chi connectivity index (χ3n) is 3.57. The lowest BCUT2D eigenvalue weighted by atomic mass is 10.1. The Morgan fingerprint density at radius 2 is 1.91 bits per heavy atom. The van der Waals surface area contributed by atoms with Gasteiger partial charge in [0.1, 0.15) is 5.82 Å². The van der Waals surface area contributed by atoms with Gasteiger partial charge in [0.05, 0.1) is 17.5 Å². The van der Waals surface area contributed by atoms with Crippen molar-refractivity contribution in [2.75, 3.05) is 14.1 Å². The molecule has 112 valence electrons. The molecule has 0 saturated carbocycles. The van der Waals surface area contributed by atoms with Gasteiger partial charge in [-0.05, 0) is 13.0 Å². The lowest BCUT2D eigenvalue weighted by molar-refractivity contribution is 0.0825. The Kier molecular flexibility index (Phi) is 3.36. The molecule has 2 heterocycles. The van der Waals surface area contributed by atoms with Crippen LogP contribution in [0.2, 0.25) is 0 Å². The Morgan fingerprint density at radius 3 is 2.59 bits per heavy atom. The Hall–Kier alpha value is -2.76. The van der Waals surface area contributed by atoms with Gasteiger partial charge in [-0.2, -0.15) is 5.10 Å². The van der Waals surface area contributed by atoms with E-state index in [1.54, 1.807) is 49.9 Å². The molecule has 0 fully saturated rings. The first-order chi connectivity index (χ1) is 10.5. The molecule has 0 aliphatic rings. The summed E-state index contributed by atoms with van der Waals surface area (Å²) in [4.78, 5) is 17.9. The van der Waals surface area contributed by atoms with Crippen molar-refractivity contribution in [3.05, 3.63) is 53.7 Å². The van der Waals surface area contributed by atoms with E-state index in [1.165, 1.54) is 17.2 Å². The van der Waals surface area contributed by atoms with Crippen molar-refractivity contribution in [1.29, 1.82) is 0 Å². The molecule has 1 amide bonds. The lowest BCUT2D eigenvalue weighted by Gasteiger charge is -2.12. The number of halogens is 1. The second-order valence-electron chi connectivity index (χ2n) is 5.23. The Morgan fingerprint density at radius 1 is 1.18 bits per heavy atom. The number of fused-ring (bicyclic) bond motifs is 1. The summed E-state index contributed by atoms with van der Waals surface area (Å²) in [5, 5.41) is 4.25. The standard InChI is InChI=1S/C16H15FN4O/c1-10-12(16(22)20(2)3)8-18-15-13(9-19-21(10)15)11-6-4-5-7-14(11)17/h4-9H,1-3H3. The van der Waals surface area contributed by atoms with Gasteiger partial charge >= 0.3 is 0 Å². The zero-order valence-electron chi connectivity index (χ0n) is 12.5. The highest BCUT2D eigenvalue weighted by molar-refractivity contribution is 5.95. The number of hydrogen-bond acceptors (Lipinski definition) is 3. The van der Waals surface area contributed by atoms with Crippen LogP contribution in [0.5, 0.6) is 0 Å². The van der Waals surface area contributed by atoms with E-state index in [9.17, 15) is 9.18 Å². The van der Waals surface area contributed by atoms with Crippen LogP contribution in [0.1, 0.15) is 16.1 Å². The van der Waals surface area contributed by atoms with Gasteiger partial charge in [0.25, 0.3) is 5.91 Å². The fourth-order valence-electron chi connectivity index (χ4n) is 2.37. The molecule has 2 aromatic heterocycles. The number of aromatic nitrogens is 3. The summed E-state index contributed by atoms with van der Waals surface area (Å²) >= 11 is 0. The van der Waals surface area contributed by atoms with Crippen LogP contribution in [0.15, 0.2) is 36.7 Å². The summed E-state index contributed by atoms with van der Waals surface area (Å²) in [7, 11) is 3.36. The maximum absolute atomic E-state index is 14.0. The second kappa shape index (κ2) is 5.22. The molecule has 0 bridgehead atoms. The van der Waals surface area contributed by atoms with E-state index in [0.29, 0.717) is 28.0 Å². The molecule has 6 heteroatoms. The molecular formula is C16H15FN4O. The Balaban J connectivity index is 2.21. The normalized spacial score (nSPS) is 10.9. The van der Waals surface area contributed by atoms with E-state index < -0.39 is 0 Å². The zero-order chi connectivity index (χ0) is 15.9. The van der Waals surface area contributed by atoms with Gasteiger partial charge in [0, 0.05) is 31.4 Å². The van der Waals surface area contributed by atoms with Crippen molar-refractivity contribution in [3.8, 4) is 11.1 Å². The SMILES string of the molecule is Cc1c(C(=O)N(C)C)cnc2c(-c3ccccc3F)cnn12. The molecule has 0 unspecified atom stereocenters. The van der Waals surface area contributed by atoms with Gasteiger partial charge in [0.15, 0.2) is 5.65 Å². The fraction of sp³-hybridized carbons (Fsp3) is 0.188. The van der Waals surface area contributed by atoms with Crippen molar-refractivity contribution >= 4 is 11.6 Å². The molecule has 0 spiro atoms. The molecule has 5 nitrogen and oxygen atoms in total. The second-order valence-corrected chi connectivity index (χ2v) is 5.23. The first-order valence-corrected chi connectivity index (χ1v) is 6.80. The average molecular weight is 298 g/mol. The van der Waals surface area contributed by atoms with E-state index >= 15 is 0 Å². The van der Waals surface area contributed by atoms with Crippen LogP contribution in [0.25, 0.3) is 16.8 Å². The number of aryl methyl sites for hydroxylation is 1. The molecule has 22 heavy (non-hydrogen) atoms. The van der Waals surface area contributed by atoms with Crippen molar-refractivity contribution in [1.82, 2.24) is 19.5 Å². The maximum atomic E-state index is 14.0. The summed E-state index contributed by atoms with van der Waals surface area (Å²) in [5.74, 6) is -0.472. The Labute approximate surface area is 127 Å². The van der Waals surface area contributed by atoms with Crippen LogP contribution >= 0.6 is 0 Å². The van der Waals surface area contributed by atoms with Gasteiger partial charge in [-0.25, -0.2) is 13.9 Å². The summed E-state index contributed by atoms with van der Waals surface area (Å²) in [6.07, 6.45) is 3.08. The third kappa shape index (κ3) is 2.13.